The molecule has 0 aliphatic rings. The zero-order valence-corrected chi connectivity index (χ0v) is 14.0. The van der Waals surface area contributed by atoms with Crippen molar-refractivity contribution >= 4 is 39.2 Å². The van der Waals surface area contributed by atoms with Crippen molar-refractivity contribution in [3.63, 3.8) is 0 Å². The highest BCUT2D eigenvalue weighted by atomic mass is 32.1. The summed E-state index contributed by atoms with van der Waals surface area (Å²) in [5.74, 6) is -1.12. The fourth-order valence-electron chi connectivity index (χ4n) is 2.53. The summed E-state index contributed by atoms with van der Waals surface area (Å²) in [5, 5.41) is 16.2. The SMILES string of the molecule is Cc1nn(C)c(C)c1/C=C(\CC(=O)[O-])c1nc2ccccc2s1. The second-order valence-electron chi connectivity index (χ2n) is 5.41. The second-order valence-corrected chi connectivity index (χ2v) is 6.44. The highest BCUT2D eigenvalue weighted by molar-refractivity contribution is 7.19. The molecular formula is C17H16N3O2S-. The van der Waals surface area contributed by atoms with Crippen molar-refractivity contribution in [2.45, 2.75) is 20.3 Å². The Morgan fingerprint density at radius 1 is 1.35 bits per heavy atom. The van der Waals surface area contributed by atoms with Crippen LogP contribution in [0.25, 0.3) is 21.9 Å². The normalized spacial score (nSPS) is 12.0. The molecule has 0 saturated carbocycles. The number of aliphatic carboxylic acids is 1. The third-order valence-electron chi connectivity index (χ3n) is 3.79. The van der Waals surface area contributed by atoms with Gasteiger partial charge in [0.1, 0.15) is 5.01 Å². The van der Waals surface area contributed by atoms with Crippen LogP contribution >= 0.6 is 11.3 Å². The molecule has 0 amide bonds. The van der Waals surface area contributed by atoms with Crippen LogP contribution in [0.2, 0.25) is 0 Å². The molecule has 0 saturated heterocycles. The first-order chi connectivity index (χ1) is 11.0. The molecule has 1 aromatic carbocycles. The maximum atomic E-state index is 11.2. The van der Waals surface area contributed by atoms with Crippen molar-refractivity contribution in [3.8, 4) is 0 Å². The lowest BCUT2D eigenvalue weighted by molar-refractivity contribution is -0.304. The number of thiazole rings is 1. The molecule has 23 heavy (non-hydrogen) atoms. The number of hydrogen-bond acceptors (Lipinski definition) is 5. The Bertz CT molecular complexity index is 888. The first-order valence-corrected chi connectivity index (χ1v) is 8.04. The maximum Gasteiger partial charge on any atom is 0.120 e. The lowest BCUT2D eigenvalue weighted by Crippen LogP contribution is -2.22. The largest absolute Gasteiger partial charge is 0.550 e. The average Bonchev–Trinajstić information content (AvgIpc) is 3.02. The molecule has 2 heterocycles. The molecular weight excluding hydrogens is 310 g/mol. The molecule has 0 aliphatic carbocycles. The molecule has 118 valence electrons. The van der Waals surface area contributed by atoms with E-state index < -0.39 is 5.97 Å². The molecule has 5 nitrogen and oxygen atoms in total. The summed E-state index contributed by atoms with van der Waals surface area (Å²) in [6, 6.07) is 7.77. The van der Waals surface area contributed by atoms with Crippen LogP contribution in [0.4, 0.5) is 0 Å². The fraction of sp³-hybridized carbons (Fsp3) is 0.235. The van der Waals surface area contributed by atoms with Crippen LogP contribution < -0.4 is 5.11 Å². The van der Waals surface area contributed by atoms with E-state index in [1.54, 1.807) is 4.68 Å². The highest BCUT2D eigenvalue weighted by Crippen LogP contribution is 2.31. The lowest BCUT2D eigenvalue weighted by Gasteiger charge is -2.06. The molecule has 0 fully saturated rings. The Labute approximate surface area is 137 Å². The van der Waals surface area contributed by atoms with E-state index in [4.69, 9.17) is 0 Å². The minimum Gasteiger partial charge on any atom is -0.550 e. The Morgan fingerprint density at radius 3 is 2.70 bits per heavy atom. The topological polar surface area (TPSA) is 70.8 Å². The average molecular weight is 326 g/mol. The summed E-state index contributed by atoms with van der Waals surface area (Å²) < 4.78 is 2.82. The predicted octanol–water partition coefficient (Wildman–Crippen LogP) is 2.33. The Morgan fingerprint density at radius 2 is 2.09 bits per heavy atom. The summed E-state index contributed by atoms with van der Waals surface area (Å²) in [7, 11) is 1.87. The second kappa shape index (κ2) is 5.96. The summed E-state index contributed by atoms with van der Waals surface area (Å²) in [5.41, 5.74) is 4.30. The van der Waals surface area contributed by atoms with Gasteiger partial charge in [-0.15, -0.1) is 11.3 Å². The number of nitrogens with zero attached hydrogens (tertiary/aromatic N) is 3. The van der Waals surface area contributed by atoms with Gasteiger partial charge in [0.25, 0.3) is 0 Å². The number of hydrogen-bond donors (Lipinski definition) is 0. The van der Waals surface area contributed by atoms with Crippen molar-refractivity contribution in [3.05, 3.63) is 46.2 Å². The number of para-hydroxylation sites is 1. The van der Waals surface area contributed by atoms with Crippen molar-refractivity contribution < 1.29 is 9.90 Å². The summed E-state index contributed by atoms with van der Waals surface area (Å²) in [4.78, 5) is 15.7. The van der Waals surface area contributed by atoms with Gasteiger partial charge in [-0.05, 0) is 37.6 Å². The van der Waals surface area contributed by atoms with Gasteiger partial charge in [0, 0.05) is 30.7 Å². The number of aromatic nitrogens is 3. The van der Waals surface area contributed by atoms with Gasteiger partial charge in [0.2, 0.25) is 0 Å². The van der Waals surface area contributed by atoms with Crippen molar-refractivity contribution in [1.82, 2.24) is 14.8 Å². The number of rotatable bonds is 4. The summed E-state index contributed by atoms with van der Waals surface area (Å²) in [6.07, 6.45) is 1.69. The minimum atomic E-state index is -1.12. The molecule has 0 radical (unpaired) electrons. The number of benzene rings is 1. The van der Waals surface area contributed by atoms with Crippen molar-refractivity contribution in [2.24, 2.45) is 7.05 Å². The molecule has 2 aromatic heterocycles. The smallest absolute Gasteiger partial charge is 0.120 e. The standard InChI is InChI=1S/C17H17N3O2S/c1-10-13(11(2)20(3)19-10)8-12(9-16(21)22)17-18-14-6-4-5-7-15(14)23-17/h4-8H,9H2,1-3H3,(H,21,22)/p-1/b12-8+. The van der Waals surface area contributed by atoms with Gasteiger partial charge in [0.05, 0.1) is 15.9 Å². The predicted molar refractivity (Wildman–Crippen MR) is 89.8 cm³/mol. The molecule has 6 heteroatoms. The zero-order chi connectivity index (χ0) is 16.6. The van der Waals surface area contributed by atoms with E-state index in [2.05, 4.69) is 10.1 Å². The number of carbonyl (C=O) groups excluding carboxylic acids is 1. The van der Waals surface area contributed by atoms with E-state index in [0.717, 1.165) is 27.2 Å². The van der Waals surface area contributed by atoms with Crippen molar-refractivity contribution in [1.29, 1.82) is 0 Å². The molecule has 3 rings (SSSR count). The lowest BCUT2D eigenvalue weighted by atomic mass is 10.1. The van der Waals surface area contributed by atoms with E-state index in [0.29, 0.717) is 10.6 Å². The monoisotopic (exact) mass is 326 g/mol. The van der Waals surface area contributed by atoms with Gasteiger partial charge < -0.3 is 9.90 Å². The molecule has 0 unspecified atom stereocenters. The Balaban J connectivity index is 2.13. The van der Waals surface area contributed by atoms with E-state index >= 15 is 0 Å². The number of aryl methyl sites for hydroxylation is 2. The number of carbonyl (C=O) groups is 1. The van der Waals surface area contributed by atoms with Gasteiger partial charge in [-0.2, -0.15) is 5.10 Å². The van der Waals surface area contributed by atoms with Crippen LogP contribution in [0.1, 0.15) is 28.4 Å². The van der Waals surface area contributed by atoms with Crippen LogP contribution in [0.15, 0.2) is 24.3 Å². The van der Waals surface area contributed by atoms with Gasteiger partial charge in [-0.3, -0.25) is 4.68 Å². The minimum absolute atomic E-state index is 0.173. The highest BCUT2D eigenvalue weighted by Gasteiger charge is 2.13. The number of carboxylic acids is 1. The van der Waals surface area contributed by atoms with Gasteiger partial charge in [-0.25, -0.2) is 4.98 Å². The Hall–Kier alpha value is -2.47. The fourth-order valence-corrected chi connectivity index (χ4v) is 3.51. The van der Waals surface area contributed by atoms with E-state index in [1.165, 1.54) is 11.3 Å². The third kappa shape index (κ3) is 3.03. The van der Waals surface area contributed by atoms with Crippen LogP contribution in [-0.4, -0.2) is 20.7 Å². The quantitative estimate of drug-likeness (QED) is 0.738. The summed E-state index contributed by atoms with van der Waals surface area (Å²) >= 11 is 1.49. The Kier molecular flexibility index (Phi) is 4.00. The molecule has 0 aliphatic heterocycles. The molecule has 3 aromatic rings. The zero-order valence-electron chi connectivity index (χ0n) is 13.2. The first kappa shape index (κ1) is 15.4. The van der Waals surface area contributed by atoms with Gasteiger partial charge in [-0.1, -0.05) is 12.1 Å². The molecule has 0 spiro atoms. The maximum absolute atomic E-state index is 11.2. The van der Waals surface area contributed by atoms with E-state index in [9.17, 15) is 9.90 Å². The third-order valence-corrected chi connectivity index (χ3v) is 4.90. The molecule has 0 atom stereocenters. The van der Waals surface area contributed by atoms with Crippen molar-refractivity contribution in [2.75, 3.05) is 0 Å². The van der Waals surface area contributed by atoms with Crippen LogP contribution in [0.3, 0.4) is 0 Å². The number of fused-ring (bicyclic) bond motifs is 1. The van der Waals surface area contributed by atoms with Crippen LogP contribution in [0, 0.1) is 13.8 Å². The molecule has 0 N–H and O–H groups in total. The molecule has 0 bridgehead atoms. The van der Waals surface area contributed by atoms with E-state index in [-0.39, 0.29) is 6.42 Å². The van der Waals surface area contributed by atoms with Crippen LogP contribution in [-0.2, 0) is 11.8 Å². The van der Waals surface area contributed by atoms with Gasteiger partial charge >= 0.3 is 0 Å². The van der Waals surface area contributed by atoms with Crippen LogP contribution in [0.5, 0.6) is 0 Å². The summed E-state index contributed by atoms with van der Waals surface area (Å²) in [6.45, 7) is 3.87. The number of carboxylic acid groups (broad SMARTS) is 1. The van der Waals surface area contributed by atoms with Gasteiger partial charge in [0.15, 0.2) is 0 Å². The van der Waals surface area contributed by atoms with E-state index in [1.807, 2.05) is 51.2 Å². The first-order valence-electron chi connectivity index (χ1n) is 7.22.